The van der Waals surface area contributed by atoms with Crippen LogP contribution in [0.25, 0.3) is 0 Å². The highest BCUT2D eigenvalue weighted by molar-refractivity contribution is 5.74. The first kappa shape index (κ1) is 13.5. The zero-order valence-electron chi connectivity index (χ0n) is 9.85. The number of ether oxygens (including phenoxy) is 2. The maximum Gasteiger partial charge on any atom is 0.243 e. The van der Waals surface area contributed by atoms with Crippen molar-refractivity contribution in [3.8, 4) is 5.75 Å². The summed E-state index contributed by atoms with van der Waals surface area (Å²) in [7, 11) is 1.49. The van der Waals surface area contributed by atoms with Crippen molar-refractivity contribution < 1.29 is 19.1 Å². The summed E-state index contributed by atoms with van der Waals surface area (Å²) in [5.74, 6) is 0.627. The van der Waals surface area contributed by atoms with Crippen LogP contribution in [0.3, 0.4) is 0 Å². The highest BCUT2D eigenvalue weighted by Gasteiger charge is 2.00. The molecule has 17 heavy (non-hydrogen) atoms. The highest BCUT2D eigenvalue weighted by Crippen LogP contribution is 2.08. The second kappa shape index (κ2) is 8.55. The Morgan fingerprint density at radius 3 is 2.76 bits per heavy atom. The molecule has 5 heteroatoms. The first-order chi connectivity index (χ1) is 8.33. The Morgan fingerprint density at radius 2 is 2.06 bits per heavy atom. The number of hydroxylamine groups is 1. The lowest BCUT2D eigenvalue weighted by molar-refractivity contribution is -0.144. The van der Waals surface area contributed by atoms with Gasteiger partial charge in [-0.05, 0) is 18.6 Å². The molecule has 0 aliphatic heterocycles. The number of hydrogen-bond acceptors (Lipinski definition) is 4. The fourth-order valence-electron chi connectivity index (χ4n) is 1.16. The van der Waals surface area contributed by atoms with Crippen LogP contribution in [-0.4, -0.2) is 26.4 Å². The molecule has 0 fully saturated rings. The molecule has 0 saturated carbocycles. The van der Waals surface area contributed by atoms with Crippen LogP contribution in [0, 0.1) is 0 Å². The molecule has 0 saturated heterocycles. The second-order valence-corrected chi connectivity index (χ2v) is 3.34. The van der Waals surface area contributed by atoms with Gasteiger partial charge in [0.05, 0.1) is 6.61 Å². The molecule has 0 unspecified atom stereocenters. The Hall–Kier alpha value is -1.59. The summed E-state index contributed by atoms with van der Waals surface area (Å²) in [6, 6.07) is 9.48. The zero-order valence-corrected chi connectivity index (χ0v) is 9.85. The molecule has 5 nitrogen and oxygen atoms in total. The Labute approximate surface area is 101 Å². The molecule has 1 amide bonds. The van der Waals surface area contributed by atoms with Gasteiger partial charge >= 0.3 is 0 Å². The quantitative estimate of drug-likeness (QED) is 0.424. The van der Waals surface area contributed by atoms with E-state index in [2.05, 4.69) is 10.2 Å². The van der Waals surface area contributed by atoms with Crippen molar-refractivity contribution in [1.29, 1.82) is 0 Å². The third-order valence-corrected chi connectivity index (χ3v) is 1.92. The summed E-state index contributed by atoms with van der Waals surface area (Å²) in [6.07, 6.45) is 0.994. The normalized spacial score (nSPS) is 9.94. The van der Waals surface area contributed by atoms with E-state index in [1.165, 1.54) is 7.11 Å². The van der Waals surface area contributed by atoms with E-state index in [0.29, 0.717) is 19.4 Å². The average molecular weight is 239 g/mol. The lowest BCUT2D eigenvalue weighted by atomic mass is 10.3. The second-order valence-electron chi connectivity index (χ2n) is 3.34. The van der Waals surface area contributed by atoms with E-state index in [1.54, 1.807) is 0 Å². The van der Waals surface area contributed by atoms with Crippen molar-refractivity contribution in [2.24, 2.45) is 0 Å². The third kappa shape index (κ3) is 6.55. The fourth-order valence-corrected chi connectivity index (χ4v) is 1.16. The van der Waals surface area contributed by atoms with Gasteiger partial charge in [-0.25, -0.2) is 10.3 Å². The Kier molecular flexibility index (Phi) is 6.78. The van der Waals surface area contributed by atoms with Crippen molar-refractivity contribution >= 4 is 5.91 Å². The van der Waals surface area contributed by atoms with Crippen molar-refractivity contribution in [3.05, 3.63) is 30.3 Å². The van der Waals surface area contributed by atoms with Crippen molar-refractivity contribution in [1.82, 2.24) is 5.48 Å². The first-order valence-electron chi connectivity index (χ1n) is 5.40. The number of para-hydroxylation sites is 1. The average Bonchev–Trinajstić information content (AvgIpc) is 2.36. The van der Waals surface area contributed by atoms with Gasteiger partial charge in [0.1, 0.15) is 5.75 Å². The first-order valence-corrected chi connectivity index (χ1v) is 5.40. The van der Waals surface area contributed by atoms with Crippen LogP contribution < -0.4 is 10.2 Å². The Balaban J connectivity index is 2.02. The maximum absolute atomic E-state index is 11.2. The van der Waals surface area contributed by atoms with E-state index in [9.17, 15) is 4.79 Å². The van der Waals surface area contributed by atoms with E-state index in [4.69, 9.17) is 9.57 Å². The highest BCUT2D eigenvalue weighted by atomic mass is 16.8. The molecule has 0 aromatic heterocycles. The number of nitrogens with one attached hydrogen (secondary N) is 1. The van der Waals surface area contributed by atoms with Crippen molar-refractivity contribution in [2.75, 3.05) is 20.5 Å². The summed E-state index contributed by atoms with van der Waals surface area (Å²) >= 11 is 0. The van der Waals surface area contributed by atoms with Crippen LogP contribution in [-0.2, 0) is 14.4 Å². The number of benzene rings is 1. The summed E-state index contributed by atoms with van der Waals surface area (Å²) < 4.78 is 10.1. The lowest BCUT2D eigenvalue weighted by Gasteiger charge is -2.06. The van der Waals surface area contributed by atoms with Gasteiger partial charge in [-0.2, -0.15) is 0 Å². The smallest absolute Gasteiger partial charge is 0.243 e. The molecule has 1 rings (SSSR count). The SMILES string of the molecule is COCONC(=O)CCCOc1ccccc1. The Morgan fingerprint density at radius 1 is 1.29 bits per heavy atom. The van der Waals surface area contributed by atoms with Gasteiger partial charge in [0.15, 0.2) is 6.79 Å². The molecule has 94 valence electrons. The minimum Gasteiger partial charge on any atom is -0.494 e. The number of methoxy groups -OCH3 is 1. The number of hydrogen-bond donors (Lipinski definition) is 1. The standard InChI is InChI=1S/C12H17NO4/c1-15-10-17-13-12(14)8-5-9-16-11-6-3-2-4-7-11/h2-4,6-7H,5,8-10H2,1H3,(H,13,14). The molecule has 0 radical (unpaired) electrons. The molecule has 1 N–H and O–H groups in total. The molecule has 0 bridgehead atoms. The van der Waals surface area contributed by atoms with Gasteiger partial charge in [0.25, 0.3) is 0 Å². The van der Waals surface area contributed by atoms with Crippen LogP contribution in [0.15, 0.2) is 30.3 Å². The minimum atomic E-state index is -0.182. The summed E-state index contributed by atoms with van der Waals surface area (Å²) in [5, 5.41) is 0. The number of carbonyl (C=O) groups excluding carboxylic acids is 1. The molecule has 0 heterocycles. The van der Waals surface area contributed by atoms with Crippen LogP contribution in [0.4, 0.5) is 0 Å². The largest absolute Gasteiger partial charge is 0.494 e. The lowest BCUT2D eigenvalue weighted by Crippen LogP contribution is -2.24. The molecule has 0 aliphatic carbocycles. The van der Waals surface area contributed by atoms with Gasteiger partial charge in [-0.3, -0.25) is 4.79 Å². The molecular weight excluding hydrogens is 222 g/mol. The van der Waals surface area contributed by atoms with Crippen LogP contribution in [0.5, 0.6) is 5.75 Å². The molecule has 1 aromatic rings. The Bertz CT molecular complexity index is 316. The number of carbonyl (C=O) groups is 1. The van der Waals surface area contributed by atoms with Gasteiger partial charge in [-0.1, -0.05) is 18.2 Å². The minimum absolute atomic E-state index is 0.0479. The summed E-state index contributed by atoms with van der Waals surface area (Å²) in [5.41, 5.74) is 2.26. The summed E-state index contributed by atoms with van der Waals surface area (Å²) in [6.45, 7) is 0.550. The fraction of sp³-hybridized carbons (Fsp3) is 0.417. The number of amides is 1. The monoisotopic (exact) mass is 239 g/mol. The molecule has 0 atom stereocenters. The third-order valence-electron chi connectivity index (χ3n) is 1.92. The van der Waals surface area contributed by atoms with E-state index in [-0.39, 0.29) is 12.7 Å². The van der Waals surface area contributed by atoms with E-state index in [0.717, 1.165) is 5.75 Å². The molecular formula is C12H17NO4. The van der Waals surface area contributed by atoms with Gasteiger partial charge < -0.3 is 9.47 Å². The maximum atomic E-state index is 11.2. The van der Waals surface area contributed by atoms with Gasteiger partial charge in [0, 0.05) is 13.5 Å². The van der Waals surface area contributed by atoms with Gasteiger partial charge in [0.2, 0.25) is 5.91 Å². The predicted molar refractivity (Wildman–Crippen MR) is 62.3 cm³/mol. The van der Waals surface area contributed by atoms with Crippen molar-refractivity contribution in [2.45, 2.75) is 12.8 Å². The van der Waals surface area contributed by atoms with E-state index in [1.807, 2.05) is 30.3 Å². The summed E-state index contributed by atoms with van der Waals surface area (Å²) in [4.78, 5) is 15.9. The predicted octanol–water partition coefficient (Wildman–Crippen LogP) is 1.50. The van der Waals surface area contributed by atoms with Crippen LogP contribution in [0.2, 0.25) is 0 Å². The van der Waals surface area contributed by atoms with Crippen LogP contribution in [0.1, 0.15) is 12.8 Å². The molecule has 0 aliphatic rings. The molecule has 0 spiro atoms. The van der Waals surface area contributed by atoms with Crippen molar-refractivity contribution in [3.63, 3.8) is 0 Å². The van der Waals surface area contributed by atoms with E-state index < -0.39 is 0 Å². The zero-order chi connectivity index (χ0) is 12.3. The van der Waals surface area contributed by atoms with E-state index >= 15 is 0 Å². The molecule has 1 aromatic carbocycles. The van der Waals surface area contributed by atoms with Gasteiger partial charge in [-0.15, -0.1) is 0 Å². The van der Waals surface area contributed by atoms with Crippen LogP contribution >= 0.6 is 0 Å². The number of rotatable bonds is 8. The topological polar surface area (TPSA) is 56.8 Å².